The van der Waals surface area contributed by atoms with Crippen LogP contribution in [0.3, 0.4) is 0 Å². The molecule has 33 heavy (non-hydrogen) atoms. The van der Waals surface area contributed by atoms with E-state index in [4.69, 9.17) is 4.74 Å². The summed E-state index contributed by atoms with van der Waals surface area (Å²) < 4.78 is 45.3. The van der Waals surface area contributed by atoms with Gasteiger partial charge >= 0.3 is 5.97 Å². The zero-order valence-corrected chi connectivity index (χ0v) is 18.6. The second kappa shape index (κ2) is 8.56. The number of hydrogen-bond donors (Lipinski definition) is 2. The Hall–Kier alpha value is -3.31. The van der Waals surface area contributed by atoms with Gasteiger partial charge in [-0.25, -0.2) is 22.3 Å². The van der Waals surface area contributed by atoms with Crippen LogP contribution in [0, 0.1) is 5.82 Å². The normalized spacial score (nSPS) is 16.9. The van der Waals surface area contributed by atoms with Crippen molar-refractivity contribution in [3.63, 3.8) is 0 Å². The molecular weight excluding hydrogens is 453 g/mol. The third-order valence-corrected chi connectivity index (χ3v) is 7.40. The van der Waals surface area contributed by atoms with E-state index in [2.05, 4.69) is 10.0 Å². The number of fused-ring (bicyclic) bond motifs is 1. The van der Waals surface area contributed by atoms with E-state index < -0.39 is 45.4 Å². The standard InChI is InChI=1S/C22H22FN3O6S/c1-24-33(30,31)14-8-9-16(23)15(12-14)20(28)32-13-19(27)26-18-7-3-2-6-17(18)25-21(29)22(26)10-4-5-11-22/h2-3,6-9,12,24H,4-5,10-11,13H2,1H3,(H,25,29). The van der Waals surface area contributed by atoms with Gasteiger partial charge in [-0.15, -0.1) is 0 Å². The van der Waals surface area contributed by atoms with Gasteiger partial charge in [0.1, 0.15) is 11.4 Å². The Morgan fingerprint density at radius 2 is 1.88 bits per heavy atom. The van der Waals surface area contributed by atoms with Crippen molar-refractivity contribution in [1.82, 2.24) is 4.72 Å². The first-order valence-corrected chi connectivity index (χ1v) is 11.8. The van der Waals surface area contributed by atoms with Gasteiger partial charge in [0.25, 0.3) is 11.8 Å². The van der Waals surface area contributed by atoms with Crippen LogP contribution in [0.15, 0.2) is 47.4 Å². The molecule has 2 amide bonds. The first kappa shape index (κ1) is 22.9. The van der Waals surface area contributed by atoms with E-state index in [-0.39, 0.29) is 10.8 Å². The molecule has 11 heteroatoms. The summed E-state index contributed by atoms with van der Waals surface area (Å²) in [6.45, 7) is -0.745. The highest BCUT2D eigenvalue weighted by Crippen LogP contribution is 2.45. The lowest BCUT2D eigenvalue weighted by molar-refractivity contribution is -0.129. The number of nitrogens with zero attached hydrogens (tertiary/aromatic N) is 1. The summed E-state index contributed by atoms with van der Waals surface area (Å²) in [6.07, 6.45) is 2.45. The molecule has 2 aliphatic rings. The van der Waals surface area contributed by atoms with E-state index in [1.54, 1.807) is 24.3 Å². The fourth-order valence-corrected chi connectivity index (χ4v) is 5.10. The minimum atomic E-state index is -3.92. The molecular formula is C22H22FN3O6S. The van der Waals surface area contributed by atoms with Gasteiger partial charge in [0.05, 0.1) is 21.8 Å². The number of ether oxygens (including phenoxy) is 1. The van der Waals surface area contributed by atoms with E-state index in [9.17, 15) is 27.2 Å². The molecule has 1 aliphatic heterocycles. The summed E-state index contributed by atoms with van der Waals surface area (Å²) >= 11 is 0. The van der Waals surface area contributed by atoms with Crippen molar-refractivity contribution in [3.8, 4) is 0 Å². The molecule has 2 aromatic carbocycles. The second-order valence-electron chi connectivity index (χ2n) is 7.86. The molecule has 174 valence electrons. The summed E-state index contributed by atoms with van der Waals surface area (Å²) in [5.41, 5.74) is -0.736. The summed E-state index contributed by atoms with van der Waals surface area (Å²) in [4.78, 5) is 39.7. The molecule has 1 saturated carbocycles. The quantitative estimate of drug-likeness (QED) is 0.640. The van der Waals surface area contributed by atoms with Crippen LogP contribution in [0.25, 0.3) is 0 Å². The average Bonchev–Trinajstić information content (AvgIpc) is 3.28. The van der Waals surface area contributed by atoms with E-state index >= 15 is 0 Å². The monoisotopic (exact) mass is 475 g/mol. The Labute approximate surface area is 190 Å². The Morgan fingerprint density at radius 3 is 2.58 bits per heavy atom. The molecule has 0 unspecified atom stereocenters. The van der Waals surface area contributed by atoms with Gasteiger partial charge in [0, 0.05) is 0 Å². The molecule has 0 aromatic heterocycles. The maximum Gasteiger partial charge on any atom is 0.341 e. The van der Waals surface area contributed by atoms with Crippen molar-refractivity contribution in [2.24, 2.45) is 0 Å². The highest BCUT2D eigenvalue weighted by molar-refractivity contribution is 7.89. The van der Waals surface area contributed by atoms with Gasteiger partial charge in [-0.3, -0.25) is 14.5 Å². The second-order valence-corrected chi connectivity index (χ2v) is 9.75. The highest BCUT2D eigenvalue weighted by Gasteiger charge is 2.52. The molecule has 9 nitrogen and oxygen atoms in total. The number of rotatable bonds is 5. The maximum atomic E-state index is 14.2. The molecule has 4 rings (SSSR count). The zero-order chi connectivity index (χ0) is 23.8. The highest BCUT2D eigenvalue weighted by atomic mass is 32.2. The molecule has 0 bridgehead atoms. The van der Waals surface area contributed by atoms with Gasteiger partial charge < -0.3 is 10.1 Å². The predicted octanol–water partition coefficient (Wildman–Crippen LogP) is 2.19. The Morgan fingerprint density at radius 1 is 1.18 bits per heavy atom. The number of carbonyl (C=O) groups is 3. The summed E-state index contributed by atoms with van der Waals surface area (Å²) in [5, 5.41) is 2.85. The molecule has 1 aliphatic carbocycles. The SMILES string of the molecule is CNS(=O)(=O)c1ccc(F)c(C(=O)OCC(=O)N2c3ccccc3NC(=O)C23CCCC3)c1. The van der Waals surface area contributed by atoms with E-state index in [0.29, 0.717) is 24.2 Å². The van der Waals surface area contributed by atoms with Gasteiger partial charge in [0.2, 0.25) is 10.0 Å². The number of esters is 1. The topological polar surface area (TPSA) is 122 Å². The number of halogens is 1. The van der Waals surface area contributed by atoms with Crippen LogP contribution in [-0.2, 0) is 24.3 Å². The van der Waals surface area contributed by atoms with Crippen molar-refractivity contribution in [2.75, 3.05) is 23.9 Å². The molecule has 0 radical (unpaired) electrons. The first-order valence-electron chi connectivity index (χ1n) is 10.3. The Balaban J connectivity index is 1.59. The first-order chi connectivity index (χ1) is 15.7. The summed E-state index contributed by atoms with van der Waals surface area (Å²) in [5.74, 6) is -3.11. The predicted molar refractivity (Wildman–Crippen MR) is 117 cm³/mol. The number of carbonyl (C=O) groups excluding carboxylic acids is 3. The van der Waals surface area contributed by atoms with Crippen LogP contribution >= 0.6 is 0 Å². The number of hydrogen-bond acceptors (Lipinski definition) is 6. The Bertz CT molecular complexity index is 1240. The van der Waals surface area contributed by atoms with Crippen molar-refractivity contribution in [1.29, 1.82) is 0 Å². The smallest absolute Gasteiger partial charge is 0.341 e. The number of anilines is 2. The van der Waals surface area contributed by atoms with Crippen LogP contribution in [-0.4, -0.2) is 45.4 Å². The van der Waals surface area contributed by atoms with Gasteiger partial charge in [-0.2, -0.15) is 0 Å². The molecule has 1 spiro atoms. The molecule has 1 fully saturated rings. The maximum absolute atomic E-state index is 14.2. The largest absolute Gasteiger partial charge is 0.452 e. The minimum Gasteiger partial charge on any atom is -0.452 e. The summed E-state index contributed by atoms with van der Waals surface area (Å²) in [6, 6.07) is 9.51. The van der Waals surface area contributed by atoms with Crippen molar-refractivity contribution in [3.05, 3.63) is 53.8 Å². The van der Waals surface area contributed by atoms with Crippen LogP contribution in [0.2, 0.25) is 0 Å². The van der Waals surface area contributed by atoms with Crippen molar-refractivity contribution in [2.45, 2.75) is 36.1 Å². The zero-order valence-electron chi connectivity index (χ0n) is 17.8. The van der Waals surface area contributed by atoms with Crippen molar-refractivity contribution < 1.29 is 31.9 Å². The number of sulfonamides is 1. The molecule has 0 saturated heterocycles. The van der Waals surface area contributed by atoms with E-state index in [0.717, 1.165) is 31.0 Å². The molecule has 2 aromatic rings. The summed E-state index contributed by atoms with van der Waals surface area (Å²) in [7, 11) is -2.74. The molecule has 1 heterocycles. The van der Waals surface area contributed by atoms with Crippen LogP contribution < -0.4 is 14.9 Å². The van der Waals surface area contributed by atoms with Crippen LogP contribution in [0.4, 0.5) is 15.8 Å². The number of benzene rings is 2. The van der Waals surface area contributed by atoms with Gasteiger partial charge in [-0.05, 0) is 50.2 Å². The minimum absolute atomic E-state index is 0.297. The lowest BCUT2D eigenvalue weighted by Crippen LogP contribution is -2.61. The van der Waals surface area contributed by atoms with Gasteiger partial charge in [-0.1, -0.05) is 25.0 Å². The van der Waals surface area contributed by atoms with Gasteiger partial charge in [0.15, 0.2) is 6.61 Å². The lowest BCUT2D eigenvalue weighted by atomic mass is 9.90. The van der Waals surface area contributed by atoms with Crippen molar-refractivity contribution >= 4 is 39.2 Å². The molecule has 0 atom stereocenters. The fraction of sp³-hybridized carbons (Fsp3) is 0.318. The van der Waals surface area contributed by atoms with Crippen LogP contribution in [0.5, 0.6) is 0 Å². The Kier molecular flexibility index (Phi) is 5.93. The van der Waals surface area contributed by atoms with Crippen LogP contribution in [0.1, 0.15) is 36.0 Å². The third kappa shape index (κ3) is 3.98. The third-order valence-electron chi connectivity index (χ3n) is 5.99. The fourth-order valence-electron chi connectivity index (χ4n) is 4.34. The number of nitrogens with one attached hydrogen (secondary N) is 2. The molecule has 2 N–H and O–H groups in total. The number of para-hydroxylation sites is 2. The number of amides is 2. The average molecular weight is 475 g/mol. The lowest BCUT2D eigenvalue weighted by Gasteiger charge is -2.44. The van der Waals surface area contributed by atoms with E-state index in [1.807, 2.05) is 0 Å². The van der Waals surface area contributed by atoms with E-state index in [1.165, 1.54) is 11.9 Å².